The Morgan fingerprint density at radius 3 is 2.71 bits per heavy atom. The highest BCUT2D eigenvalue weighted by atomic mass is 35.5. The summed E-state index contributed by atoms with van der Waals surface area (Å²) in [4.78, 5) is 12.4. The zero-order chi connectivity index (χ0) is 14.8. The molecule has 1 unspecified atom stereocenters. The summed E-state index contributed by atoms with van der Waals surface area (Å²) in [7, 11) is 0. The monoisotopic (exact) mass is 301 g/mol. The summed E-state index contributed by atoms with van der Waals surface area (Å²) in [5.41, 5.74) is 8.85. The van der Waals surface area contributed by atoms with Crippen molar-refractivity contribution >= 4 is 23.3 Å². The lowest BCUT2D eigenvalue weighted by Crippen LogP contribution is -2.23. The molecule has 2 N–H and O–H groups in total. The number of benzene rings is 2. The van der Waals surface area contributed by atoms with Gasteiger partial charge in [0.1, 0.15) is 5.75 Å². The van der Waals surface area contributed by atoms with Crippen LogP contribution in [0.1, 0.15) is 29.9 Å². The molecule has 0 radical (unpaired) electrons. The molecule has 0 aromatic heterocycles. The molecule has 1 aliphatic carbocycles. The minimum absolute atomic E-state index is 0.233. The van der Waals surface area contributed by atoms with Crippen LogP contribution in [0.15, 0.2) is 42.5 Å². The Balaban J connectivity index is 1.83. The van der Waals surface area contributed by atoms with Crippen molar-refractivity contribution in [3.05, 3.63) is 58.6 Å². The third kappa shape index (κ3) is 2.88. The van der Waals surface area contributed by atoms with Gasteiger partial charge in [0.15, 0.2) is 0 Å². The molecule has 2 aromatic rings. The lowest BCUT2D eigenvalue weighted by atomic mass is 9.82. The zero-order valence-corrected chi connectivity index (χ0v) is 12.3. The molecule has 0 saturated carbocycles. The van der Waals surface area contributed by atoms with Gasteiger partial charge in [0.25, 0.3) is 0 Å². The van der Waals surface area contributed by atoms with Gasteiger partial charge in [0, 0.05) is 10.7 Å². The van der Waals surface area contributed by atoms with E-state index in [0.29, 0.717) is 10.8 Å². The second-order valence-corrected chi connectivity index (χ2v) is 5.67. The third-order valence-corrected chi connectivity index (χ3v) is 4.11. The van der Waals surface area contributed by atoms with Crippen molar-refractivity contribution in [1.82, 2.24) is 0 Å². The van der Waals surface area contributed by atoms with Crippen LogP contribution in [0.4, 0.5) is 5.69 Å². The van der Waals surface area contributed by atoms with Crippen LogP contribution in [-0.4, -0.2) is 5.97 Å². The molecule has 0 bridgehead atoms. The van der Waals surface area contributed by atoms with Crippen molar-refractivity contribution in [3.8, 4) is 5.75 Å². The number of carbonyl (C=O) groups excluding carboxylic acids is 1. The Hall–Kier alpha value is -2.00. The van der Waals surface area contributed by atoms with Gasteiger partial charge in [-0.25, -0.2) is 0 Å². The van der Waals surface area contributed by atoms with Crippen LogP contribution in [-0.2, 0) is 11.2 Å². The molecule has 0 saturated heterocycles. The van der Waals surface area contributed by atoms with Crippen LogP contribution in [0.5, 0.6) is 5.75 Å². The molecule has 0 aliphatic heterocycles. The smallest absolute Gasteiger partial charge is 0.318 e. The number of ether oxygens (including phenoxy) is 1. The quantitative estimate of drug-likeness (QED) is 0.519. The topological polar surface area (TPSA) is 52.3 Å². The number of hydrogen-bond acceptors (Lipinski definition) is 3. The Morgan fingerprint density at radius 1 is 1.19 bits per heavy atom. The molecule has 3 nitrogen and oxygen atoms in total. The SMILES string of the molecule is Nc1cccc2c1CCCC2C(=O)Oc1ccc(Cl)cc1. The maximum Gasteiger partial charge on any atom is 0.318 e. The molecule has 0 fully saturated rings. The Bertz CT molecular complexity index is 667. The van der Waals surface area contributed by atoms with Crippen molar-refractivity contribution in [2.75, 3.05) is 5.73 Å². The van der Waals surface area contributed by atoms with E-state index in [0.717, 1.165) is 36.1 Å². The summed E-state index contributed by atoms with van der Waals surface area (Å²) in [5, 5.41) is 0.616. The van der Waals surface area contributed by atoms with Crippen molar-refractivity contribution < 1.29 is 9.53 Å². The average Bonchev–Trinajstić information content (AvgIpc) is 2.49. The Kier molecular flexibility index (Phi) is 3.84. The van der Waals surface area contributed by atoms with Crippen molar-refractivity contribution in [3.63, 3.8) is 0 Å². The van der Waals surface area contributed by atoms with Gasteiger partial charge in [-0.2, -0.15) is 0 Å². The number of fused-ring (bicyclic) bond motifs is 1. The number of anilines is 1. The number of nitrogens with two attached hydrogens (primary N) is 1. The minimum atomic E-state index is -0.243. The molecule has 1 atom stereocenters. The molecule has 3 rings (SSSR count). The molecule has 108 valence electrons. The molecule has 0 amide bonds. The molecular formula is C17H16ClNO2. The highest BCUT2D eigenvalue weighted by molar-refractivity contribution is 6.30. The number of hydrogen-bond donors (Lipinski definition) is 1. The van der Waals surface area contributed by atoms with Crippen molar-refractivity contribution in [1.29, 1.82) is 0 Å². The second kappa shape index (κ2) is 5.78. The van der Waals surface area contributed by atoms with Crippen LogP contribution >= 0.6 is 11.6 Å². The minimum Gasteiger partial charge on any atom is -0.426 e. The molecule has 2 aromatic carbocycles. The predicted molar refractivity (Wildman–Crippen MR) is 83.6 cm³/mol. The van der Waals surface area contributed by atoms with Gasteiger partial charge >= 0.3 is 5.97 Å². The van der Waals surface area contributed by atoms with Crippen LogP contribution in [0.3, 0.4) is 0 Å². The van der Waals surface area contributed by atoms with Crippen LogP contribution in [0.25, 0.3) is 0 Å². The second-order valence-electron chi connectivity index (χ2n) is 5.23. The first-order chi connectivity index (χ1) is 10.1. The van der Waals surface area contributed by atoms with Crippen LogP contribution in [0.2, 0.25) is 5.02 Å². The Labute approximate surface area is 128 Å². The maximum atomic E-state index is 12.4. The fraction of sp³-hybridized carbons (Fsp3) is 0.235. The van der Waals surface area contributed by atoms with E-state index >= 15 is 0 Å². The standard InChI is InChI=1S/C17H16ClNO2/c18-11-7-9-12(10-8-11)21-17(20)15-5-1-4-14-13(15)3-2-6-16(14)19/h2-3,6-10,15H,1,4-5,19H2. The van der Waals surface area contributed by atoms with Crippen molar-refractivity contribution in [2.45, 2.75) is 25.2 Å². The number of halogens is 1. The van der Waals surface area contributed by atoms with Gasteiger partial charge in [-0.05, 0) is 60.7 Å². The molecule has 21 heavy (non-hydrogen) atoms. The lowest BCUT2D eigenvalue weighted by molar-refractivity contribution is -0.136. The third-order valence-electron chi connectivity index (χ3n) is 3.86. The molecular weight excluding hydrogens is 286 g/mol. The largest absolute Gasteiger partial charge is 0.426 e. The maximum absolute atomic E-state index is 12.4. The average molecular weight is 302 g/mol. The Morgan fingerprint density at radius 2 is 1.95 bits per heavy atom. The van der Waals surface area contributed by atoms with Gasteiger partial charge in [-0.1, -0.05) is 23.7 Å². The summed E-state index contributed by atoms with van der Waals surface area (Å²) >= 11 is 5.83. The first kappa shape index (κ1) is 14.0. The summed E-state index contributed by atoms with van der Waals surface area (Å²) in [6, 6.07) is 12.5. The lowest BCUT2D eigenvalue weighted by Gasteiger charge is -2.25. The summed E-state index contributed by atoms with van der Waals surface area (Å²) < 4.78 is 5.47. The van der Waals surface area contributed by atoms with Crippen LogP contribution in [0, 0.1) is 0 Å². The van der Waals surface area contributed by atoms with E-state index in [1.807, 2.05) is 18.2 Å². The highest BCUT2D eigenvalue weighted by Crippen LogP contribution is 2.35. The molecule has 0 heterocycles. The van der Waals surface area contributed by atoms with E-state index in [-0.39, 0.29) is 11.9 Å². The van der Waals surface area contributed by atoms with E-state index < -0.39 is 0 Å². The highest BCUT2D eigenvalue weighted by Gasteiger charge is 2.29. The normalized spacial score (nSPS) is 17.1. The van der Waals surface area contributed by atoms with E-state index in [2.05, 4.69) is 0 Å². The molecule has 1 aliphatic rings. The van der Waals surface area contributed by atoms with Gasteiger partial charge < -0.3 is 10.5 Å². The fourth-order valence-corrected chi connectivity index (χ4v) is 2.94. The number of esters is 1. The number of rotatable bonds is 2. The van der Waals surface area contributed by atoms with Crippen LogP contribution < -0.4 is 10.5 Å². The van der Waals surface area contributed by atoms with E-state index in [4.69, 9.17) is 22.1 Å². The van der Waals surface area contributed by atoms with E-state index in [9.17, 15) is 4.79 Å². The molecule has 0 spiro atoms. The molecule has 4 heteroatoms. The zero-order valence-electron chi connectivity index (χ0n) is 11.5. The van der Waals surface area contributed by atoms with E-state index in [1.165, 1.54) is 0 Å². The summed E-state index contributed by atoms with van der Waals surface area (Å²) in [5.74, 6) is 0.0391. The van der Waals surface area contributed by atoms with Gasteiger partial charge in [0.2, 0.25) is 0 Å². The number of nitrogen functional groups attached to an aromatic ring is 1. The fourth-order valence-electron chi connectivity index (χ4n) is 2.81. The van der Waals surface area contributed by atoms with Crippen molar-refractivity contribution in [2.24, 2.45) is 0 Å². The predicted octanol–water partition coefficient (Wildman–Crippen LogP) is 3.95. The van der Waals surface area contributed by atoms with Gasteiger partial charge in [-0.3, -0.25) is 4.79 Å². The first-order valence-corrected chi connectivity index (χ1v) is 7.37. The number of carbonyl (C=O) groups is 1. The summed E-state index contributed by atoms with van der Waals surface area (Å²) in [6.07, 6.45) is 2.66. The van der Waals surface area contributed by atoms with Gasteiger partial charge in [-0.15, -0.1) is 0 Å². The van der Waals surface area contributed by atoms with E-state index in [1.54, 1.807) is 24.3 Å². The first-order valence-electron chi connectivity index (χ1n) is 6.99. The van der Waals surface area contributed by atoms with Gasteiger partial charge in [0.05, 0.1) is 5.92 Å². The summed E-state index contributed by atoms with van der Waals surface area (Å²) in [6.45, 7) is 0.